The van der Waals surface area contributed by atoms with Gasteiger partial charge in [-0.05, 0) is 28.1 Å². The van der Waals surface area contributed by atoms with Crippen molar-refractivity contribution in [3.8, 4) is 0 Å². The fraction of sp³-hybridized carbons (Fsp3) is 0.222. The number of carboxylic acids is 1. The summed E-state index contributed by atoms with van der Waals surface area (Å²) in [6.45, 7) is 0. The van der Waals surface area contributed by atoms with Crippen LogP contribution in [-0.2, 0) is 10.7 Å². The zero-order valence-electron chi connectivity index (χ0n) is 7.31. The van der Waals surface area contributed by atoms with Gasteiger partial charge in [0.05, 0.1) is 10.0 Å². The van der Waals surface area contributed by atoms with E-state index < -0.39 is 29.7 Å². The van der Waals surface area contributed by atoms with Gasteiger partial charge in [-0.2, -0.15) is 0 Å². The van der Waals surface area contributed by atoms with Crippen molar-refractivity contribution < 1.29 is 23.1 Å². The minimum atomic E-state index is -3.71. The Morgan fingerprint density at radius 2 is 2.07 bits per heavy atom. The second-order valence-electron chi connectivity index (χ2n) is 2.88. The fourth-order valence-corrected chi connectivity index (χ4v) is 1.44. The van der Waals surface area contributed by atoms with E-state index in [0.29, 0.717) is 0 Å². The quantitative estimate of drug-likeness (QED) is 0.925. The molecule has 1 rings (SSSR count). The first-order valence-corrected chi connectivity index (χ1v) is 4.68. The Morgan fingerprint density at radius 3 is 2.60 bits per heavy atom. The van der Waals surface area contributed by atoms with E-state index in [4.69, 9.17) is 5.11 Å². The van der Waals surface area contributed by atoms with E-state index in [1.807, 2.05) is 0 Å². The van der Waals surface area contributed by atoms with Gasteiger partial charge in [0.1, 0.15) is 12.2 Å². The second-order valence-corrected chi connectivity index (χ2v) is 3.73. The van der Waals surface area contributed by atoms with Crippen LogP contribution in [0.4, 0.5) is 13.2 Å². The van der Waals surface area contributed by atoms with Crippen LogP contribution in [0.3, 0.4) is 0 Å². The van der Waals surface area contributed by atoms with E-state index in [2.05, 4.69) is 15.9 Å². The Kier molecular flexibility index (Phi) is 3.38. The van der Waals surface area contributed by atoms with Crippen molar-refractivity contribution in [2.45, 2.75) is 12.3 Å². The molecule has 1 aromatic rings. The zero-order valence-corrected chi connectivity index (χ0v) is 8.89. The summed E-state index contributed by atoms with van der Waals surface area (Å²) >= 11 is 2.75. The SMILES string of the molecule is O=C(O)CC(F)(F)c1cccc(Br)c1F. The van der Waals surface area contributed by atoms with Crippen LogP contribution >= 0.6 is 15.9 Å². The van der Waals surface area contributed by atoms with Crippen molar-refractivity contribution in [1.82, 2.24) is 0 Å². The van der Waals surface area contributed by atoms with Gasteiger partial charge in [-0.15, -0.1) is 0 Å². The Balaban J connectivity index is 3.14. The van der Waals surface area contributed by atoms with Gasteiger partial charge >= 0.3 is 5.97 Å². The van der Waals surface area contributed by atoms with Gasteiger partial charge < -0.3 is 5.11 Å². The summed E-state index contributed by atoms with van der Waals surface area (Å²) in [4.78, 5) is 10.2. The third-order valence-electron chi connectivity index (χ3n) is 1.72. The maximum Gasteiger partial charge on any atom is 0.309 e. The molecule has 15 heavy (non-hydrogen) atoms. The molecule has 0 fully saturated rings. The van der Waals surface area contributed by atoms with Gasteiger partial charge in [0.2, 0.25) is 0 Å². The molecule has 0 heterocycles. The van der Waals surface area contributed by atoms with Crippen molar-refractivity contribution in [3.05, 3.63) is 34.1 Å². The molecule has 0 aromatic heterocycles. The van der Waals surface area contributed by atoms with E-state index in [-0.39, 0.29) is 4.47 Å². The van der Waals surface area contributed by atoms with Crippen LogP contribution in [0.2, 0.25) is 0 Å². The number of benzene rings is 1. The lowest BCUT2D eigenvalue weighted by Crippen LogP contribution is -2.20. The molecule has 0 spiro atoms. The van der Waals surface area contributed by atoms with Crippen molar-refractivity contribution in [2.75, 3.05) is 0 Å². The smallest absolute Gasteiger partial charge is 0.309 e. The minimum absolute atomic E-state index is 0.120. The lowest BCUT2D eigenvalue weighted by atomic mass is 10.1. The Hall–Kier alpha value is -1.04. The number of alkyl halides is 2. The average Bonchev–Trinajstić information content (AvgIpc) is 2.07. The van der Waals surface area contributed by atoms with Gasteiger partial charge in [-0.1, -0.05) is 6.07 Å². The van der Waals surface area contributed by atoms with Crippen LogP contribution in [0.25, 0.3) is 0 Å². The number of halogens is 4. The van der Waals surface area contributed by atoms with Crippen LogP contribution in [0.1, 0.15) is 12.0 Å². The molecule has 1 N–H and O–H groups in total. The van der Waals surface area contributed by atoms with Gasteiger partial charge in [0.25, 0.3) is 5.92 Å². The number of carbonyl (C=O) groups is 1. The number of rotatable bonds is 3. The van der Waals surface area contributed by atoms with Gasteiger partial charge in [-0.3, -0.25) is 4.79 Å². The largest absolute Gasteiger partial charge is 0.481 e. The topological polar surface area (TPSA) is 37.3 Å². The summed E-state index contributed by atoms with van der Waals surface area (Å²) in [6, 6.07) is 3.34. The maximum absolute atomic E-state index is 13.2. The molecular weight excluding hydrogens is 277 g/mol. The summed E-state index contributed by atoms with van der Waals surface area (Å²) < 4.78 is 39.5. The highest BCUT2D eigenvalue weighted by molar-refractivity contribution is 9.10. The summed E-state index contributed by atoms with van der Waals surface area (Å²) in [5.41, 5.74) is -0.917. The molecule has 2 nitrogen and oxygen atoms in total. The highest BCUT2D eigenvalue weighted by Gasteiger charge is 2.37. The number of aliphatic carboxylic acids is 1. The molecule has 0 bridgehead atoms. The first-order valence-electron chi connectivity index (χ1n) is 3.88. The molecule has 0 aliphatic heterocycles. The molecular formula is C9H6BrF3O2. The molecule has 1 aromatic carbocycles. The molecule has 0 radical (unpaired) electrons. The molecule has 0 amide bonds. The lowest BCUT2D eigenvalue weighted by Gasteiger charge is -2.15. The standard InChI is InChI=1S/C9H6BrF3O2/c10-6-3-1-2-5(8(6)11)9(12,13)4-7(14)15/h1-3H,4H2,(H,14,15). The van der Waals surface area contributed by atoms with Crippen LogP contribution in [0.15, 0.2) is 22.7 Å². The molecule has 6 heteroatoms. The third-order valence-corrected chi connectivity index (χ3v) is 2.33. The van der Waals surface area contributed by atoms with Crippen LogP contribution in [0, 0.1) is 5.82 Å². The molecule has 0 aliphatic rings. The van der Waals surface area contributed by atoms with Gasteiger partial charge in [0.15, 0.2) is 0 Å². The highest BCUT2D eigenvalue weighted by Crippen LogP contribution is 2.35. The minimum Gasteiger partial charge on any atom is -0.481 e. The molecule has 0 aliphatic carbocycles. The van der Waals surface area contributed by atoms with E-state index >= 15 is 0 Å². The predicted molar refractivity (Wildman–Crippen MR) is 50.2 cm³/mol. The van der Waals surface area contributed by atoms with Crippen molar-refractivity contribution in [1.29, 1.82) is 0 Å². The van der Waals surface area contributed by atoms with Crippen molar-refractivity contribution >= 4 is 21.9 Å². The Bertz CT molecular complexity index is 393. The van der Waals surface area contributed by atoms with Crippen molar-refractivity contribution in [2.24, 2.45) is 0 Å². The highest BCUT2D eigenvalue weighted by atomic mass is 79.9. The number of hydrogen-bond acceptors (Lipinski definition) is 1. The van der Waals surface area contributed by atoms with Crippen molar-refractivity contribution in [3.63, 3.8) is 0 Å². The van der Waals surface area contributed by atoms with Crippen LogP contribution in [0.5, 0.6) is 0 Å². The zero-order chi connectivity index (χ0) is 11.6. The normalized spacial score (nSPS) is 11.5. The van der Waals surface area contributed by atoms with E-state index in [9.17, 15) is 18.0 Å². The molecule has 82 valence electrons. The number of carboxylic acid groups (broad SMARTS) is 1. The molecule has 0 atom stereocenters. The summed E-state index contributed by atoms with van der Waals surface area (Å²) in [6.07, 6.45) is -1.43. The van der Waals surface area contributed by atoms with Gasteiger partial charge in [-0.25, -0.2) is 13.2 Å². The Labute approximate surface area is 91.8 Å². The van der Waals surface area contributed by atoms with E-state index in [1.54, 1.807) is 0 Å². The van der Waals surface area contributed by atoms with E-state index in [0.717, 1.165) is 6.07 Å². The second kappa shape index (κ2) is 4.22. The van der Waals surface area contributed by atoms with Crippen LogP contribution < -0.4 is 0 Å². The number of hydrogen-bond donors (Lipinski definition) is 1. The van der Waals surface area contributed by atoms with Crippen LogP contribution in [-0.4, -0.2) is 11.1 Å². The molecule has 0 saturated carbocycles. The van der Waals surface area contributed by atoms with E-state index in [1.165, 1.54) is 12.1 Å². The Morgan fingerprint density at radius 1 is 1.47 bits per heavy atom. The van der Waals surface area contributed by atoms with Gasteiger partial charge in [0, 0.05) is 0 Å². The molecule has 0 saturated heterocycles. The monoisotopic (exact) mass is 282 g/mol. The lowest BCUT2D eigenvalue weighted by molar-refractivity contribution is -0.145. The molecule has 0 unspecified atom stereocenters. The maximum atomic E-state index is 13.2. The summed E-state index contributed by atoms with van der Waals surface area (Å²) in [7, 11) is 0. The summed E-state index contributed by atoms with van der Waals surface area (Å²) in [5.74, 6) is -6.53. The average molecular weight is 283 g/mol. The summed E-state index contributed by atoms with van der Waals surface area (Å²) in [5, 5.41) is 8.26. The first kappa shape index (κ1) is 12.0. The first-order chi connectivity index (χ1) is 6.84. The third kappa shape index (κ3) is 2.71. The fourth-order valence-electron chi connectivity index (χ4n) is 1.07. The predicted octanol–water partition coefficient (Wildman–Crippen LogP) is 3.15.